The lowest BCUT2D eigenvalue weighted by molar-refractivity contribution is -0.344. The number of hydrogen-bond acceptors (Lipinski definition) is 8. The maximum Gasteiger partial charge on any atom is 0.280 e. The number of nitrogen functional groups attached to an aromatic ring is 1. The molecule has 0 aliphatic carbocycles. The molecule has 2 aromatic heterocycles. The predicted molar refractivity (Wildman–Crippen MR) is 82.7 cm³/mol. The van der Waals surface area contributed by atoms with E-state index in [9.17, 15) is 5.11 Å². The molecule has 130 valence electrons. The highest BCUT2D eigenvalue weighted by Crippen LogP contribution is 2.44. The van der Waals surface area contributed by atoms with Crippen molar-refractivity contribution in [1.29, 1.82) is 0 Å². The fourth-order valence-corrected chi connectivity index (χ4v) is 3.40. The third-order valence-electron chi connectivity index (χ3n) is 4.39. The maximum absolute atomic E-state index is 9.63. The van der Waals surface area contributed by atoms with Crippen LogP contribution in [-0.4, -0.2) is 57.1 Å². The monoisotopic (exact) mass is 336 g/mol. The minimum atomic E-state index is -1.16. The molecule has 2 fully saturated rings. The Labute approximate surface area is 138 Å². The van der Waals surface area contributed by atoms with Gasteiger partial charge < -0.3 is 34.4 Å². The molecule has 5 atom stereocenters. The van der Waals surface area contributed by atoms with E-state index in [2.05, 4.69) is 9.97 Å². The van der Waals surface area contributed by atoms with Crippen molar-refractivity contribution in [2.45, 2.75) is 44.4 Å². The summed E-state index contributed by atoms with van der Waals surface area (Å²) in [6, 6.07) is 1.83. The zero-order chi connectivity index (χ0) is 16.9. The van der Waals surface area contributed by atoms with Crippen LogP contribution in [0.15, 0.2) is 18.6 Å². The van der Waals surface area contributed by atoms with Crippen LogP contribution in [-0.2, 0) is 18.9 Å². The molecule has 0 spiro atoms. The summed E-state index contributed by atoms with van der Waals surface area (Å²) >= 11 is 0. The van der Waals surface area contributed by atoms with Gasteiger partial charge in [-0.1, -0.05) is 0 Å². The minimum Gasteiger partial charge on any atom is -0.394 e. The van der Waals surface area contributed by atoms with Crippen LogP contribution < -0.4 is 5.73 Å². The molecule has 4 heterocycles. The highest BCUT2D eigenvalue weighted by atomic mass is 16.9. The Morgan fingerprint density at radius 1 is 1.38 bits per heavy atom. The van der Waals surface area contributed by atoms with E-state index in [1.807, 2.05) is 23.8 Å². The van der Waals surface area contributed by atoms with E-state index >= 15 is 0 Å². The van der Waals surface area contributed by atoms with Crippen LogP contribution in [0, 0.1) is 0 Å². The summed E-state index contributed by atoms with van der Waals surface area (Å²) in [4.78, 5) is 8.27. The molecule has 0 bridgehead atoms. The standard InChI is InChI=1S/C15H20N4O5/c1-3-21-15(2)23-10-9(6-20)22-14(11(10)24-15)19-5-4-8-12(16)17-7-18-13(8)19/h4-5,7,9-11,14,20H,3,6H2,1-2H3,(H2,16,17,18)/t9?,10?,11?,14?,15-/m0/s1. The molecule has 0 aromatic carbocycles. The molecule has 3 N–H and O–H groups in total. The second-order valence-electron chi connectivity index (χ2n) is 5.93. The zero-order valence-electron chi connectivity index (χ0n) is 13.5. The van der Waals surface area contributed by atoms with Crippen molar-refractivity contribution in [3.05, 3.63) is 18.6 Å². The number of anilines is 1. The highest BCUT2D eigenvalue weighted by Gasteiger charge is 2.58. The van der Waals surface area contributed by atoms with Gasteiger partial charge in [0.1, 0.15) is 36.1 Å². The van der Waals surface area contributed by atoms with Crippen molar-refractivity contribution >= 4 is 16.9 Å². The average Bonchev–Trinajstić information content (AvgIpc) is 3.19. The topological polar surface area (TPSA) is 114 Å². The lowest BCUT2D eigenvalue weighted by Gasteiger charge is -2.27. The van der Waals surface area contributed by atoms with E-state index < -0.39 is 30.5 Å². The Balaban J connectivity index is 1.71. The predicted octanol–water partition coefficient (Wildman–Crippen LogP) is 0.397. The number of aliphatic hydroxyl groups is 1. The molecule has 2 aromatic rings. The van der Waals surface area contributed by atoms with E-state index in [1.54, 1.807) is 6.92 Å². The number of fused-ring (bicyclic) bond motifs is 2. The summed E-state index contributed by atoms with van der Waals surface area (Å²) < 4.78 is 25.2. The maximum atomic E-state index is 9.63. The van der Waals surface area contributed by atoms with Crippen LogP contribution in [0.5, 0.6) is 0 Å². The summed E-state index contributed by atoms with van der Waals surface area (Å²) in [6.07, 6.45) is 1.32. The summed E-state index contributed by atoms with van der Waals surface area (Å²) in [5.41, 5.74) is 6.53. The molecule has 0 amide bonds. The number of ether oxygens (including phenoxy) is 4. The lowest BCUT2D eigenvalue weighted by Crippen LogP contribution is -2.35. The van der Waals surface area contributed by atoms with Crippen LogP contribution in [0.2, 0.25) is 0 Å². The molecule has 24 heavy (non-hydrogen) atoms. The number of rotatable bonds is 4. The number of nitrogens with zero attached hydrogens (tertiary/aromatic N) is 3. The molecule has 9 heteroatoms. The molecule has 0 saturated carbocycles. The van der Waals surface area contributed by atoms with E-state index in [0.29, 0.717) is 18.1 Å². The normalized spacial score (nSPS) is 35.6. The zero-order valence-corrected chi connectivity index (χ0v) is 13.5. The highest BCUT2D eigenvalue weighted by molar-refractivity contribution is 5.86. The SMILES string of the molecule is CCO[C@@]1(C)OC2C(CO)OC(n3ccc4c(N)ncnc43)C2O1. The van der Waals surface area contributed by atoms with Gasteiger partial charge in [0, 0.05) is 19.7 Å². The first kappa shape index (κ1) is 15.7. The van der Waals surface area contributed by atoms with E-state index in [0.717, 1.165) is 5.39 Å². The third kappa shape index (κ3) is 2.28. The quantitative estimate of drug-likeness (QED) is 0.824. The third-order valence-corrected chi connectivity index (χ3v) is 4.39. The molecular formula is C15H20N4O5. The fourth-order valence-electron chi connectivity index (χ4n) is 3.40. The second-order valence-corrected chi connectivity index (χ2v) is 5.93. The van der Waals surface area contributed by atoms with E-state index in [4.69, 9.17) is 24.7 Å². The summed E-state index contributed by atoms with van der Waals surface area (Å²) in [5.74, 6) is -0.758. The first-order valence-electron chi connectivity index (χ1n) is 7.89. The van der Waals surface area contributed by atoms with Gasteiger partial charge >= 0.3 is 0 Å². The van der Waals surface area contributed by atoms with Crippen molar-refractivity contribution in [1.82, 2.24) is 14.5 Å². The van der Waals surface area contributed by atoms with Gasteiger partial charge in [-0.25, -0.2) is 9.97 Å². The van der Waals surface area contributed by atoms with Gasteiger partial charge in [0.05, 0.1) is 12.0 Å². The molecular weight excluding hydrogens is 316 g/mol. The van der Waals surface area contributed by atoms with Crippen LogP contribution >= 0.6 is 0 Å². The molecule has 9 nitrogen and oxygen atoms in total. The van der Waals surface area contributed by atoms with Crippen LogP contribution in [0.4, 0.5) is 5.82 Å². The summed E-state index contributed by atoms with van der Waals surface area (Å²) in [5, 5.41) is 10.4. The Bertz CT molecular complexity index is 753. The first-order chi connectivity index (χ1) is 11.6. The Hall–Kier alpha value is -1.78. The number of nitrogens with two attached hydrogens (primary N) is 1. The molecule has 4 unspecified atom stereocenters. The van der Waals surface area contributed by atoms with Gasteiger partial charge in [-0.2, -0.15) is 0 Å². The molecule has 4 rings (SSSR count). The Morgan fingerprint density at radius 3 is 2.92 bits per heavy atom. The number of hydrogen-bond donors (Lipinski definition) is 2. The van der Waals surface area contributed by atoms with Crippen molar-refractivity contribution in [3.63, 3.8) is 0 Å². The molecule has 0 radical (unpaired) electrons. The second kappa shape index (κ2) is 5.64. The average molecular weight is 336 g/mol. The van der Waals surface area contributed by atoms with Crippen molar-refractivity contribution in [2.75, 3.05) is 18.9 Å². The number of aromatic nitrogens is 3. The molecule has 2 saturated heterocycles. The van der Waals surface area contributed by atoms with Crippen molar-refractivity contribution in [2.24, 2.45) is 0 Å². The minimum absolute atomic E-state index is 0.181. The first-order valence-corrected chi connectivity index (χ1v) is 7.89. The van der Waals surface area contributed by atoms with Gasteiger partial charge in [-0.15, -0.1) is 0 Å². The number of aliphatic hydroxyl groups excluding tert-OH is 1. The molecule has 2 aliphatic rings. The smallest absolute Gasteiger partial charge is 0.280 e. The van der Waals surface area contributed by atoms with Crippen LogP contribution in [0.3, 0.4) is 0 Å². The van der Waals surface area contributed by atoms with Crippen LogP contribution in [0.1, 0.15) is 20.1 Å². The lowest BCUT2D eigenvalue weighted by atomic mass is 10.1. The van der Waals surface area contributed by atoms with Crippen LogP contribution in [0.25, 0.3) is 11.0 Å². The van der Waals surface area contributed by atoms with Gasteiger partial charge in [-0.3, -0.25) is 0 Å². The Morgan fingerprint density at radius 2 is 2.17 bits per heavy atom. The molecule has 2 aliphatic heterocycles. The van der Waals surface area contributed by atoms with E-state index in [1.165, 1.54) is 6.33 Å². The largest absolute Gasteiger partial charge is 0.394 e. The fraction of sp³-hybridized carbons (Fsp3) is 0.600. The van der Waals surface area contributed by atoms with Gasteiger partial charge in [0.2, 0.25) is 0 Å². The Kier molecular flexibility index (Phi) is 3.70. The van der Waals surface area contributed by atoms with Crippen molar-refractivity contribution in [3.8, 4) is 0 Å². The summed E-state index contributed by atoms with van der Waals surface area (Å²) in [7, 11) is 0. The van der Waals surface area contributed by atoms with Crippen molar-refractivity contribution < 1.29 is 24.1 Å². The van der Waals surface area contributed by atoms with Gasteiger partial charge in [-0.05, 0) is 13.0 Å². The summed E-state index contributed by atoms with van der Waals surface area (Å²) in [6.45, 7) is 3.85. The van der Waals surface area contributed by atoms with E-state index in [-0.39, 0.29) is 6.61 Å². The van der Waals surface area contributed by atoms with Gasteiger partial charge in [0.15, 0.2) is 6.23 Å². The van der Waals surface area contributed by atoms with Gasteiger partial charge in [0.25, 0.3) is 5.97 Å².